The van der Waals surface area contributed by atoms with Gasteiger partial charge in [-0.05, 0) is 49.1 Å². The molecule has 30 heavy (non-hydrogen) atoms. The van der Waals surface area contributed by atoms with Crippen LogP contribution in [0.1, 0.15) is 41.3 Å². The molecule has 1 fully saturated rings. The van der Waals surface area contributed by atoms with Gasteiger partial charge in [0.15, 0.2) is 0 Å². The van der Waals surface area contributed by atoms with E-state index in [2.05, 4.69) is 4.72 Å². The summed E-state index contributed by atoms with van der Waals surface area (Å²) in [5.41, 5.74) is -0.326. The van der Waals surface area contributed by atoms with E-state index in [1.54, 1.807) is 24.3 Å². The van der Waals surface area contributed by atoms with Crippen LogP contribution in [0, 0.1) is 0 Å². The zero-order valence-corrected chi connectivity index (χ0v) is 17.3. The van der Waals surface area contributed by atoms with E-state index in [-0.39, 0.29) is 29.6 Å². The second-order valence-electron chi connectivity index (χ2n) is 7.23. The standard InChI is InChI=1S/C21H23F3N2O3S/c1-2-15-7-9-17(10-8-15)30(28,29)25-16-11-13-26(14-12-16)20(27)18-5-3-4-6-19(18)21(22,23)24/h3-10,16,25H,2,11-14H2,1H3. The summed E-state index contributed by atoms with van der Waals surface area (Å²) in [4.78, 5) is 14.1. The van der Waals surface area contributed by atoms with Crippen molar-refractivity contribution in [1.82, 2.24) is 9.62 Å². The zero-order valence-electron chi connectivity index (χ0n) is 16.4. The SMILES string of the molecule is CCc1ccc(S(=O)(=O)NC2CCN(C(=O)c3ccccc3C(F)(F)F)CC2)cc1. The van der Waals surface area contributed by atoms with Gasteiger partial charge in [-0.2, -0.15) is 13.2 Å². The number of aryl methyl sites for hydroxylation is 1. The van der Waals surface area contributed by atoms with Crippen molar-refractivity contribution < 1.29 is 26.4 Å². The second kappa shape index (κ2) is 8.77. The van der Waals surface area contributed by atoms with Crippen LogP contribution in [0.3, 0.4) is 0 Å². The molecule has 2 aromatic rings. The Kier molecular flexibility index (Phi) is 6.52. The number of hydrogen-bond acceptors (Lipinski definition) is 3. The molecule has 0 unspecified atom stereocenters. The molecule has 1 aliphatic heterocycles. The lowest BCUT2D eigenvalue weighted by molar-refractivity contribution is -0.138. The van der Waals surface area contributed by atoms with Crippen LogP contribution >= 0.6 is 0 Å². The lowest BCUT2D eigenvalue weighted by Gasteiger charge is -2.32. The molecule has 5 nitrogen and oxygen atoms in total. The molecule has 0 bridgehead atoms. The van der Waals surface area contributed by atoms with Gasteiger partial charge in [0.2, 0.25) is 10.0 Å². The van der Waals surface area contributed by atoms with Gasteiger partial charge in [-0.15, -0.1) is 0 Å². The predicted octanol–water partition coefficient (Wildman–Crippen LogP) is 3.85. The maximum atomic E-state index is 13.2. The number of carbonyl (C=O) groups excluding carboxylic acids is 1. The van der Waals surface area contributed by atoms with Crippen LogP contribution in [0.25, 0.3) is 0 Å². The number of carbonyl (C=O) groups is 1. The number of rotatable bonds is 5. The third kappa shape index (κ3) is 5.02. The molecule has 0 aromatic heterocycles. The van der Waals surface area contributed by atoms with Crippen molar-refractivity contribution in [3.63, 3.8) is 0 Å². The van der Waals surface area contributed by atoms with Gasteiger partial charge < -0.3 is 4.90 Å². The number of nitrogens with one attached hydrogen (secondary N) is 1. The maximum absolute atomic E-state index is 13.2. The van der Waals surface area contributed by atoms with E-state index in [0.29, 0.717) is 12.8 Å². The Labute approximate surface area is 173 Å². The van der Waals surface area contributed by atoms with E-state index in [4.69, 9.17) is 0 Å². The number of amides is 1. The first-order valence-corrected chi connectivity index (χ1v) is 11.2. The molecule has 9 heteroatoms. The summed E-state index contributed by atoms with van der Waals surface area (Å²) in [5.74, 6) is -0.695. The molecule has 0 radical (unpaired) electrons. The van der Waals surface area contributed by atoms with Crippen molar-refractivity contribution >= 4 is 15.9 Å². The fraction of sp³-hybridized carbons (Fsp3) is 0.381. The van der Waals surface area contributed by atoms with Crippen LogP contribution in [-0.4, -0.2) is 38.4 Å². The number of alkyl halides is 3. The van der Waals surface area contributed by atoms with Gasteiger partial charge in [-0.3, -0.25) is 4.79 Å². The van der Waals surface area contributed by atoms with Crippen molar-refractivity contribution in [2.24, 2.45) is 0 Å². The number of benzene rings is 2. The highest BCUT2D eigenvalue weighted by atomic mass is 32.2. The molecular weight excluding hydrogens is 417 g/mol. The molecule has 1 amide bonds. The highest BCUT2D eigenvalue weighted by molar-refractivity contribution is 7.89. The number of hydrogen-bond donors (Lipinski definition) is 1. The fourth-order valence-corrected chi connectivity index (χ4v) is 4.78. The average molecular weight is 440 g/mol. The molecule has 1 saturated heterocycles. The highest BCUT2D eigenvalue weighted by Gasteiger charge is 2.36. The van der Waals surface area contributed by atoms with Crippen LogP contribution in [0.4, 0.5) is 13.2 Å². The summed E-state index contributed by atoms with van der Waals surface area (Å²) >= 11 is 0. The summed E-state index contributed by atoms with van der Waals surface area (Å²) in [6.07, 6.45) is -3.16. The zero-order chi connectivity index (χ0) is 21.9. The van der Waals surface area contributed by atoms with Gasteiger partial charge in [0.1, 0.15) is 0 Å². The van der Waals surface area contributed by atoms with E-state index in [1.165, 1.54) is 23.1 Å². The van der Waals surface area contributed by atoms with Gasteiger partial charge in [-0.25, -0.2) is 13.1 Å². The van der Waals surface area contributed by atoms with Crippen LogP contribution < -0.4 is 4.72 Å². The molecule has 1 N–H and O–H groups in total. The first kappa shape index (κ1) is 22.3. The van der Waals surface area contributed by atoms with E-state index in [0.717, 1.165) is 18.1 Å². The number of nitrogens with zero attached hydrogens (tertiary/aromatic N) is 1. The number of sulfonamides is 1. The van der Waals surface area contributed by atoms with Crippen molar-refractivity contribution in [3.8, 4) is 0 Å². The lowest BCUT2D eigenvalue weighted by atomic mass is 10.0. The molecule has 1 heterocycles. The number of halogens is 3. The Morgan fingerprint density at radius 1 is 1.07 bits per heavy atom. The largest absolute Gasteiger partial charge is 0.417 e. The van der Waals surface area contributed by atoms with Crippen molar-refractivity contribution in [2.45, 2.75) is 43.3 Å². The molecule has 0 atom stereocenters. The second-order valence-corrected chi connectivity index (χ2v) is 8.94. The molecule has 2 aromatic carbocycles. The summed E-state index contributed by atoms with van der Waals surface area (Å²) in [6.45, 7) is 2.32. The Morgan fingerprint density at radius 2 is 1.67 bits per heavy atom. The van der Waals surface area contributed by atoms with Gasteiger partial charge in [0.05, 0.1) is 16.0 Å². The van der Waals surface area contributed by atoms with Crippen LogP contribution in [0.2, 0.25) is 0 Å². The monoisotopic (exact) mass is 440 g/mol. The molecule has 162 valence electrons. The molecular formula is C21H23F3N2O3S. The maximum Gasteiger partial charge on any atom is 0.417 e. The minimum absolute atomic E-state index is 0.164. The van der Waals surface area contributed by atoms with Crippen LogP contribution in [0.15, 0.2) is 53.4 Å². The van der Waals surface area contributed by atoms with Gasteiger partial charge in [0, 0.05) is 19.1 Å². The third-order valence-electron chi connectivity index (χ3n) is 5.21. The smallest absolute Gasteiger partial charge is 0.339 e. The quantitative estimate of drug-likeness (QED) is 0.768. The van der Waals surface area contributed by atoms with Crippen molar-refractivity contribution in [3.05, 3.63) is 65.2 Å². The summed E-state index contributed by atoms with van der Waals surface area (Å²) in [6, 6.07) is 10.9. The molecule has 0 spiro atoms. The first-order chi connectivity index (χ1) is 14.1. The van der Waals surface area contributed by atoms with Gasteiger partial charge in [-0.1, -0.05) is 31.2 Å². The van der Waals surface area contributed by atoms with E-state index >= 15 is 0 Å². The third-order valence-corrected chi connectivity index (χ3v) is 6.75. The number of piperidine rings is 1. The van der Waals surface area contributed by atoms with Crippen molar-refractivity contribution in [2.75, 3.05) is 13.1 Å². The van der Waals surface area contributed by atoms with Gasteiger partial charge >= 0.3 is 6.18 Å². The van der Waals surface area contributed by atoms with Crippen LogP contribution in [0.5, 0.6) is 0 Å². The number of likely N-dealkylation sites (tertiary alicyclic amines) is 1. The lowest BCUT2D eigenvalue weighted by Crippen LogP contribution is -2.46. The Bertz CT molecular complexity index is 997. The van der Waals surface area contributed by atoms with Crippen molar-refractivity contribution in [1.29, 1.82) is 0 Å². The van der Waals surface area contributed by atoms with Gasteiger partial charge in [0.25, 0.3) is 5.91 Å². The molecule has 1 aliphatic rings. The Hall–Kier alpha value is -2.39. The summed E-state index contributed by atoms with van der Waals surface area (Å²) in [7, 11) is -3.70. The summed E-state index contributed by atoms with van der Waals surface area (Å²) < 4.78 is 67.3. The average Bonchev–Trinajstić information content (AvgIpc) is 2.73. The first-order valence-electron chi connectivity index (χ1n) is 9.68. The topological polar surface area (TPSA) is 66.5 Å². The van der Waals surface area contributed by atoms with E-state index < -0.39 is 27.7 Å². The fourth-order valence-electron chi connectivity index (χ4n) is 3.48. The normalized spacial score (nSPS) is 15.9. The Balaban J connectivity index is 1.64. The summed E-state index contributed by atoms with van der Waals surface area (Å²) in [5, 5.41) is 0. The highest BCUT2D eigenvalue weighted by Crippen LogP contribution is 2.32. The molecule has 3 rings (SSSR count). The van der Waals surface area contributed by atoms with Crippen LogP contribution in [-0.2, 0) is 22.6 Å². The molecule has 0 aliphatic carbocycles. The predicted molar refractivity (Wildman–Crippen MR) is 107 cm³/mol. The minimum atomic E-state index is -4.62. The Morgan fingerprint density at radius 3 is 2.23 bits per heavy atom. The molecule has 0 saturated carbocycles. The van der Waals surface area contributed by atoms with E-state index in [1.807, 2.05) is 6.92 Å². The van der Waals surface area contributed by atoms with E-state index in [9.17, 15) is 26.4 Å². The minimum Gasteiger partial charge on any atom is -0.339 e.